The van der Waals surface area contributed by atoms with Gasteiger partial charge in [0.15, 0.2) is 0 Å². The molecule has 5 atom stereocenters. The minimum Gasteiger partial charge on any atom is -0.310 e. The van der Waals surface area contributed by atoms with E-state index in [0.717, 1.165) is 35.8 Å². The minimum absolute atomic E-state index is 0.808. The lowest BCUT2D eigenvalue weighted by Crippen LogP contribution is -2.54. The molecule has 5 unspecified atom stereocenters. The second-order valence-electron chi connectivity index (χ2n) is 6.81. The lowest BCUT2D eigenvalue weighted by atomic mass is 9.69. The van der Waals surface area contributed by atoms with Gasteiger partial charge in [0.1, 0.15) is 0 Å². The van der Waals surface area contributed by atoms with Gasteiger partial charge in [-0.05, 0) is 49.4 Å². The van der Waals surface area contributed by atoms with Gasteiger partial charge in [0.05, 0.1) is 0 Å². The first kappa shape index (κ1) is 11.8. The Labute approximate surface area is 106 Å². The fourth-order valence-electron chi connectivity index (χ4n) is 4.35. The molecular formula is C16H27N. The van der Waals surface area contributed by atoms with Crippen molar-refractivity contribution >= 4 is 0 Å². The van der Waals surface area contributed by atoms with E-state index in [0.29, 0.717) is 0 Å². The maximum Gasteiger partial charge on any atom is 0.0138 e. The molecule has 0 heterocycles. The van der Waals surface area contributed by atoms with E-state index in [1.165, 1.54) is 38.5 Å². The summed E-state index contributed by atoms with van der Waals surface area (Å²) in [6.07, 6.45) is 13.4. The third kappa shape index (κ3) is 2.19. The summed E-state index contributed by atoms with van der Waals surface area (Å²) in [6.45, 7) is 4.81. The van der Waals surface area contributed by atoms with Crippen molar-refractivity contribution in [2.75, 3.05) is 0 Å². The first-order valence-electron chi connectivity index (χ1n) is 7.68. The van der Waals surface area contributed by atoms with E-state index in [4.69, 9.17) is 0 Å². The molecule has 2 saturated carbocycles. The summed E-state index contributed by atoms with van der Waals surface area (Å²) in [4.78, 5) is 0. The Morgan fingerprint density at radius 1 is 1.12 bits per heavy atom. The van der Waals surface area contributed by atoms with Crippen LogP contribution in [-0.4, -0.2) is 12.1 Å². The van der Waals surface area contributed by atoms with E-state index >= 15 is 0 Å². The highest BCUT2D eigenvalue weighted by molar-refractivity contribution is 5.13. The average molecular weight is 233 g/mol. The summed E-state index contributed by atoms with van der Waals surface area (Å²) < 4.78 is 0. The van der Waals surface area contributed by atoms with Crippen LogP contribution in [-0.2, 0) is 0 Å². The highest BCUT2D eigenvalue weighted by Crippen LogP contribution is 2.44. The van der Waals surface area contributed by atoms with Crippen molar-refractivity contribution in [3.05, 3.63) is 12.2 Å². The molecule has 0 aromatic heterocycles. The SMILES string of the molecule is CC(C)C1CCCCC1NC1CC2CC=CC21. The molecule has 96 valence electrons. The number of allylic oxidation sites excluding steroid dienone is 1. The van der Waals surface area contributed by atoms with Crippen molar-refractivity contribution in [2.45, 2.75) is 64.5 Å². The van der Waals surface area contributed by atoms with Crippen LogP contribution in [0.4, 0.5) is 0 Å². The molecule has 0 radical (unpaired) electrons. The van der Waals surface area contributed by atoms with Crippen molar-refractivity contribution in [1.29, 1.82) is 0 Å². The predicted molar refractivity (Wildman–Crippen MR) is 72.9 cm³/mol. The van der Waals surface area contributed by atoms with Crippen molar-refractivity contribution in [3.63, 3.8) is 0 Å². The van der Waals surface area contributed by atoms with Crippen LogP contribution in [0, 0.1) is 23.7 Å². The van der Waals surface area contributed by atoms with Gasteiger partial charge in [-0.3, -0.25) is 0 Å². The Balaban J connectivity index is 1.58. The quantitative estimate of drug-likeness (QED) is 0.732. The molecule has 0 bridgehead atoms. The van der Waals surface area contributed by atoms with E-state index < -0.39 is 0 Å². The molecule has 1 nitrogen and oxygen atoms in total. The zero-order valence-corrected chi connectivity index (χ0v) is 11.4. The normalized spacial score (nSPS) is 44.8. The lowest BCUT2D eigenvalue weighted by Gasteiger charge is -2.46. The molecular weight excluding hydrogens is 206 g/mol. The molecule has 0 aliphatic heterocycles. The Hall–Kier alpha value is -0.300. The summed E-state index contributed by atoms with van der Waals surface area (Å²) in [7, 11) is 0. The van der Waals surface area contributed by atoms with Crippen LogP contribution in [0.3, 0.4) is 0 Å². The largest absolute Gasteiger partial charge is 0.310 e. The van der Waals surface area contributed by atoms with Crippen LogP contribution < -0.4 is 5.32 Å². The summed E-state index contributed by atoms with van der Waals surface area (Å²) in [5.74, 6) is 3.65. The van der Waals surface area contributed by atoms with Gasteiger partial charge in [-0.25, -0.2) is 0 Å². The number of hydrogen-bond donors (Lipinski definition) is 1. The zero-order valence-electron chi connectivity index (χ0n) is 11.4. The summed E-state index contributed by atoms with van der Waals surface area (Å²) in [5.41, 5.74) is 0. The topological polar surface area (TPSA) is 12.0 Å². The van der Waals surface area contributed by atoms with Gasteiger partial charge in [0, 0.05) is 12.1 Å². The van der Waals surface area contributed by atoms with Crippen LogP contribution >= 0.6 is 0 Å². The minimum atomic E-state index is 0.808. The van der Waals surface area contributed by atoms with E-state index in [-0.39, 0.29) is 0 Å². The zero-order chi connectivity index (χ0) is 11.8. The second kappa shape index (κ2) is 4.76. The summed E-state index contributed by atoms with van der Waals surface area (Å²) in [6, 6.07) is 1.62. The Morgan fingerprint density at radius 3 is 2.71 bits per heavy atom. The highest BCUT2D eigenvalue weighted by atomic mass is 15.0. The van der Waals surface area contributed by atoms with E-state index in [2.05, 4.69) is 31.3 Å². The first-order chi connectivity index (χ1) is 8.25. The number of hydrogen-bond acceptors (Lipinski definition) is 1. The summed E-state index contributed by atoms with van der Waals surface area (Å²) >= 11 is 0. The van der Waals surface area contributed by atoms with E-state index in [1.54, 1.807) is 0 Å². The highest BCUT2D eigenvalue weighted by Gasteiger charge is 2.42. The van der Waals surface area contributed by atoms with E-state index in [9.17, 15) is 0 Å². The van der Waals surface area contributed by atoms with Crippen molar-refractivity contribution in [1.82, 2.24) is 5.32 Å². The van der Waals surface area contributed by atoms with Gasteiger partial charge < -0.3 is 5.32 Å². The first-order valence-corrected chi connectivity index (χ1v) is 7.68. The van der Waals surface area contributed by atoms with Crippen LogP contribution in [0.5, 0.6) is 0 Å². The van der Waals surface area contributed by atoms with Crippen molar-refractivity contribution in [3.8, 4) is 0 Å². The van der Waals surface area contributed by atoms with Gasteiger partial charge >= 0.3 is 0 Å². The maximum atomic E-state index is 4.01. The molecule has 3 aliphatic carbocycles. The Kier molecular flexibility index (Phi) is 3.30. The molecule has 2 fully saturated rings. The fourth-order valence-corrected chi connectivity index (χ4v) is 4.35. The third-order valence-corrected chi connectivity index (χ3v) is 5.47. The van der Waals surface area contributed by atoms with Crippen LogP contribution in [0.1, 0.15) is 52.4 Å². The van der Waals surface area contributed by atoms with Crippen molar-refractivity contribution in [2.24, 2.45) is 23.7 Å². The molecule has 0 spiro atoms. The van der Waals surface area contributed by atoms with Gasteiger partial charge in [-0.2, -0.15) is 0 Å². The van der Waals surface area contributed by atoms with Gasteiger partial charge in [0.2, 0.25) is 0 Å². The Morgan fingerprint density at radius 2 is 1.94 bits per heavy atom. The molecule has 0 amide bonds. The maximum absolute atomic E-state index is 4.01. The number of rotatable bonds is 3. The molecule has 0 saturated heterocycles. The smallest absolute Gasteiger partial charge is 0.0138 e. The van der Waals surface area contributed by atoms with Gasteiger partial charge in [-0.1, -0.05) is 38.8 Å². The monoisotopic (exact) mass is 233 g/mol. The molecule has 17 heavy (non-hydrogen) atoms. The molecule has 3 aliphatic rings. The Bertz CT molecular complexity index is 294. The standard InChI is InChI=1S/C16H27N/c1-11(2)13-7-3-4-9-15(13)17-16-10-12-6-5-8-14(12)16/h5,8,11-17H,3-4,6-7,9-10H2,1-2H3. The molecule has 1 heteroatoms. The lowest BCUT2D eigenvalue weighted by molar-refractivity contribution is 0.109. The summed E-state index contributed by atoms with van der Waals surface area (Å²) in [5, 5.41) is 4.01. The predicted octanol–water partition coefficient (Wildman–Crippen LogP) is 3.76. The third-order valence-electron chi connectivity index (χ3n) is 5.47. The van der Waals surface area contributed by atoms with Crippen LogP contribution in [0.2, 0.25) is 0 Å². The fraction of sp³-hybridized carbons (Fsp3) is 0.875. The number of nitrogens with one attached hydrogen (secondary N) is 1. The van der Waals surface area contributed by atoms with Crippen LogP contribution in [0.25, 0.3) is 0 Å². The van der Waals surface area contributed by atoms with Crippen molar-refractivity contribution < 1.29 is 0 Å². The molecule has 3 rings (SSSR count). The molecule has 0 aromatic carbocycles. The van der Waals surface area contributed by atoms with E-state index in [1.807, 2.05) is 0 Å². The number of fused-ring (bicyclic) bond motifs is 1. The molecule has 1 N–H and O–H groups in total. The second-order valence-corrected chi connectivity index (χ2v) is 6.81. The van der Waals surface area contributed by atoms with Gasteiger partial charge in [-0.15, -0.1) is 0 Å². The van der Waals surface area contributed by atoms with Crippen LogP contribution in [0.15, 0.2) is 12.2 Å². The van der Waals surface area contributed by atoms with Gasteiger partial charge in [0.25, 0.3) is 0 Å². The molecule has 0 aromatic rings. The average Bonchev–Trinajstić information content (AvgIpc) is 2.68.